The highest BCUT2D eigenvalue weighted by Crippen LogP contribution is 2.32. The van der Waals surface area contributed by atoms with Crippen LogP contribution >= 0.6 is 45.2 Å². The van der Waals surface area contributed by atoms with Crippen LogP contribution in [0, 0.1) is 7.14 Å². The highest BCUT2D eigenvalue weighted by atomic mass is 127. The Morgan fingerprint density at radius 3 is 2.67 bits per heavy atom. The molecule has 0 radical (unpaired) electrons. The van der Waals surface area contributed by atoms with Gasteiger partial charge >= 0.3 is 0 Å². The van der Waals surface area contributed by atoms with Gasteiger partial charge in [-0.05, 0) is 69.8 Å². The van der Waals surface area contributed by atoms with Crippen LogP contribution in [0.15, 0.2) is 18.2 Å². The summed E-state index contributed by atoms with van der Waals surface area (Å²) in [5.41, 5.74) is 1.72. The molecule has 2 rings (SSSR count). The molecule has 0 saturated carbocycles. The number of aryl methyl sites for hydroxylation is 1. The molecule has 1 aromatic heterocycles. The lowest BCUT2D eigenvalue weighted by Crippen LogP contribution is -1.91. The lowest BCUT2D eigenvalue weighted by molar-refractivity contribution is 0.476. The summed E-state index contributed by atoms with van der Waals surface area (Å²) in [7, 11) is 0. The number of fused-ring (bicyclic) bond motifs is 1. The van der Waals surface area contributed by atoms with Gasteiger partial charge in [-0.1, -0.05) is 6.92 Å². The van der Waals surface area contributed by atoms with Gasteiger partial charge < -0.3 is 5.11 Å². The normalized spacial score (nSPS) is 10.9. The number of hydrogen-bond acceptors (Lipinski definition) is 2. The second-order valence-electron chi connectivity index (χ2n) is 3.24. The number of aromatic nitrogens is 1. The third-order valence-electron chi connectivity index (χ3n) is 2.28. The number of hydrogen-bond donors (Lipinski definition) is 1. The number of phenolic OH excluding ortho intramolecular Hbond substituents is 1. The van der Waals surface area contributed by atoms with Crippen molar-refractivity contribution in [1.29, 1.82) is 0 Å². The summed E-state index contributed by atoms with van der Waals surface area (Å²) >= 11 is 4.40. The summed E-state index contributed by atoms with van der Waals surface area (Å²) in [6, 6.07) is 6.00. The first kappa shape index (κ1) is 11.4. The Hall–Kier alpha value is -0.110. The van der Waals surface area contributed by atoms with E-state index in [1.807, 2.05) is 18.2 Å². The maximum Gasteiger partial charge on any atom is 0.155 e. The fourth-order valence-electron chi connectivity index (χ4n) is 1.44. The molecule has 0 spiro atoms. The molecule has 2 nitrogen and oxygen atoms in total. The van der Waals surface area contributed by atoms with Crippen molar-refractivity contribution in [3.05, 3.63) is 31.0 Å². The van der Waals surface area contributed by atoms with E-state index in [1.54, 1.807) is 0 Å². The van der Waals surface area contributed by atoms with E-state index in [0.29, 0.717) is 11.3 Å². The Balaban J connectivity index is 2.85. The zero-order valence-electron chi connectivity index (χ0n) is 8.09. The zero-order chi connectivity index (χ0) is 11.0. The quantitative estimate of drug-likeness (QED) is 0.708. The van der Waals surface area contributed by atoms with Gasteiger partial charge in [0.25, 0.3) is 0 Å². The second kappa shape index (κ2) is 4.40. The van der Waals surface area contributed by atoms with Gasteiger partial charge in [0.15, 0.2) is 5.75 Å². The zero-order valence-corrected chi connectivity index (χ0v) is 12.4. The van der Waals surface area contributed by atoms with Crippen molar-refractivity contribution in [2.24, 2.45) is 0 Å². The molecule has 0 aliphatic heterocycles. The molecular weight excluding hydrogens is 416 g/mol. The molecule has 0 fully saturated rings. The van der Waals surface area contributed by atoms with Crippen LogP contribution in [0.2, 0.25) is 0 Å². The number of pyridine rings is 1. The number of aromatic hydroxyl groups is 1. The predicted molar refractivity (Wildman–Crippen MR) is 78.2 cm³/mol. The monoisotopic (exact) mass is 425 g/mol. The number of benzene rings is 1. The molecule has 0 amide bonds. The number of nitrogens with zero attached hydrogens (tertiary/aromatic N) is 1. The van der Waals surface area contributed by atoms with E-state index in [0.717, 1.165) is 24.6 Å². The minimum Gasteiger partial charge on any atom is -0.505 e. The molecule has 1 heterocycles. The molecule has 0 aliphatic carbocycles. The van der Waals surface area contributed by atoms with Crippen molar-refractivity contribution in [3.8, 4) is 5.75 Å². The molecule has 15 heavy (non-hydrogen) atoms. The summed E-state index contributed by atoms with van der Waals surface area (Å²) < 4.78 is 1.98. The molecule has 1 N–H and O–H groups in total. The molecule has 0 saturated heterocycles. The highest BCUT2D eigenvalue weighted by molar-refractivity contribution is 14.1. The molecule has 1 aromatic carbocycles. The fourth-order valence-corrected chi connectivity index (χ4v) is 3.35. The Morgan fingerprint density at radius 1 is 1.27 bits per heavy atom. The van der Waals surface area contributed by atoms with Gasteiger partial charge in [-0.2, -0.15) is 0 Å². The van der Waals surface area contributed by atoms with Crippen molar-refractivity contribution in [3.63, 3.8) is 0 Å². The van der Waals surface area contributed by atoms with Crippen LogP contribution in [0.5, 0.6) is 5.75 Å². The summed E-state index contributed by atoms with van der Waals surface area (Å²) in [5, 5.41) is 10.9. The van der Waals surface area contributed by atoms with E-state index in [-0.39, 0.29) is 0 Å². The summed E-state index contributed by atoms with van der Waals surface area (Å²) in [4.78, 5) is 4.46. The summed E-state index contributed by atoms with van der Waals surface area (Å²) in [5.74, 6) is 0.293. The van der Waals surface area contributed by atoms with E-state index < -0.39 is 0 Å². The fraction of sp³-hybridized carbons (Fsp3) is 0.182. The van der Waals surface area contributed by atoms with Crippen LogP contribution in [0.1, 0.15) is 12.6 Å². The average molecular weight is 425 g/mol. The van der Waals surface area contributed by atoms with E-state index in [4.69, 9.17) is 0 Å². The molecule has 2 aromatic rings. The first-order valence-corrected chi connectivity index (χ1v) is 6.75. The molecule has 0 atom stereocenters. The maximum atomic E-state index is 9.93. The number of rotatable bonds is 1. The molecule has 0 bridgehead atoms. The van der Waals surface area contributed by atoms with E-state index >= 15 is 0 Å². The van der Waals surface area contributed by atoms with Crippen LogP contribution in [0.3, 0.4) is 0 Å². The van der Waals surface area contributed by atoms with Gasteiger partial charge in [-0.25, -0.2) is 4.98 Å². The summed E-state index contributed by atoms with van der Waals surface area (Å²) in [6.45, 7) is 2.06. The average Bonchev–Trinajstić information content (AvgIpc) is 2.25. The van der Waals surface area contributed by atoms with E-state index in [9.17, 15) is 5.11 Å². The molecule has 0 unspecified atom stereocenters. The Morgan fingerprint density at radius 2 is 2.00 bits per heavy atom. The Labute approximate surface area is 115 Å². The Bertz CT molecular complexity index is 525. The van der Waals surface area contributed by atoms with Gasteiger partial charge in [0.1, 0.15) is 5.52 Å². The van der Waals surface area contributed by atoms with Crippen molar-refractivity contribution < 1.29 is 5.11 Å². The van der Waals surface area contributed by atoms with Gasteiger partial charge in [0.05, 0.1) is 3.57 Å². The van der Waals surface area contributed by atoms with E-state index in [1.165, 1.54) is 0 Å². The van der Waals surface area contributed by atoms with Crippen LogP contribution < -0.4 is 0 Å². The first-order chi connectivity index (χ1) is 7.13. The molecular formula is C11H9I2NO. The largest absolute Gasteiger partial charge is 0.505 e. The third-order valence-corrected chi connectivity index (χ3v) is 3.99. The van der Waals surface area contributed by atoms with Crippen LogP contribution in [-0.4, -0.2) is 10.1 Å². The molecule has 78 valence electrons. The van der Waals surface area contributed by atoms with Crippen molar-refractivity contribution >= 4 is 56.1 Å². The molecule has 4 heteroatoms. The minimum absolute atomic E-state index is 0.293. The van der Waals surface area contributed by atoms with Gasteiger partial charge in [0.2, 0.25) is 0 Å². The minimum atomic E-state index is 0.293. The smallest absolute Gasteiger partial charge is 0.155 e. The predicted octanol–water partition coefficient (Wildman–Crippen LogP) is 3.71. The van der Waals surface area contributed by atoms with Crippen LogP contribution in [0.25, 0.3) is 10.9 Å². The maximum absolute atomic E-state index is 9.93. The second-order valence-corrected chi connectivity index (χ2v) is 5.57. The number of phenols is 1. The van der Waals surface area contributed by atoms with Gasteiger partial charge in [0, 0.05) is 14.7 Å². The highest BCUT2D eigenvalue weighted by Gasteiger charge is 2.09. The summed E-state index contributed by atoms with van der Waals surface area (Å²) in [6.07, 6.45) is 0.886. The SMILES string of the molecule is CCc1ccc2c(I)cc(I)c(O)c2n1. The van der Waals surface area contributed by atoms with Crippen molar-refractivity contribution in [1.82, 2.24) is 4.98 Å². The van der Waals surface area contributed by atoms with Crippen LogP contribution in [-0.2, 0) is 6.42 Å². The number of halogens is 2. The van der Waals surface area contributed by atoms with Crippen LogP contribution in [0.4, 0.5) is 0 Å². The Kier molecular flexibility index (Phi) is 3.34. The van der Waals surface area contributed by atoms with Gasteiger partial charge in [-0.3, -0.25) is 0 Å². The first-order valence-electron chi connectivity index (χ1n) is 4.60. The lowest BCUT2D eigenvalue weighted by Gasteiger charge is -2.06. The van der Waals surface area contributed by atoms with Crippen molar-refractivity contribution in [2.75, 3.05) is 0 Å². The van der Waals surface area contributed by atoms with Gasteiger partial charge in [-0.15, -0.1) is 0 Å². The standard InChI is InChI=1S/C11H9I2NO/c1-2-6-3-4-7-8(12)5-9(13)11(15)10(7)14-6/h3-5,15H,2H2,1H3. The third kappa shape index (κ3) is 2.06. The lowest BCUT2D eigenvalue weighted by atomic mass is 10.2. The topological polar surface area (TPSA) is 33.1 Å². The van der Waals surface area contributed by atoms with E-state index in [2.05, 4.69) is 57.1 Å². The molecule has 0 aliphatic rings. The van der Waals surface area contributed by atoms with Crippen molar-refractivity contribution in [2.45, 2.75) is 13.3 Å².